The number of benzene rings is 1. The topological polar surface area (TPSA) is 7.12 Å². The third kappa shape index (κ3) is 2.22. The zero-order valence-corrected chi connectivity index (χ0v) is 10.0. The van der Waals surface area contributed by atoms with Crippen LogP contribution in [0.25, 0.3) is 5.69 Å². The Bertz CT molecular complexity index is 455. The molecule has 2 heteroatoms. The normalized spacial score (nSPS) is 10.2. The van der Waals surface area contributed by atoms with Gasteiger partial charge in [0.15, 0.2) is 12.4 Å². The molecule has 1 aromatic heterocycles. The molecule has 16 heavy (non-hydrogen) atoms. The third-order valence-electron chi connectivity index (χ3n) is 2.66. The predicted molar refractivity (Wildman–Crippen MR) is 67.0 cm³/mol. The van der Waals surface area contributed by atoms with Crippen molar-refractivity contribution in [3.05, 3.63) is 54.4 Å². The average Bonchev–Trinajstić information content (AvgIpc) is 2.30. The van der Waals surface area contributed by atoms with Crippen LogP contribution >= 0.6 is 0 Å². The zero-order valence-electron chi connectivity index (χ0n) is 10.0. The fourth-order valence-corrected chi connectivity index (χ4v) is 1.60. The highest BCUT2D eigenvalue weighted by Crippen LogP contribution is 2.11. The number of rotatable bonds is 2. The van der Waals surface area contributed by atoms with Crippen LogP contribution in [0.1, 0.15) is 5.56 Å². The molecule has 0 bridgehead atoms. The lowest BCUT2D eigenvalue weighted by Gasteiger charge is -2.11. The Morgan fingerprint density at radius 1 is 0.875 bits per heavy atom. The Balaban J connectivity index is 2.31. The van der Waals surface area contributed by atoms with E-state index in [-0.39, 0.29) is 0 Å². The number of nitrogens with zero attached hydrogens (tertiary/aromatic N) is 2. The molecule has 0 amide bonds. The van der Waals surface area contributed by atoms with Gasteiger partial charge in [0.1, 0.15) is 0 Å². The van der Waals surface area contributed by atoms with Gasteiger partial charge in [0.05, 0.1) is 0 Å². The highest BCUT2D eigenvalue weighted by Gasteiger charge is 2.04. The summed E-state index contributed by atoms with van der Waals surface area (Å²) in [6.45, 7) is 2.10. The first-order valence-electron chi connectivity index (χ1n) is 5.42. The lowest BCUT2D eigenvalue weighted by Crippen LogP contribution is -2.29. The summed E-state index contributed by atoms with van der Waals surface area (Å²) in [4.78, 5) is 2.10. The Hall–Kier alpha value is -1.83. The SMILES string of the molecule is Cc1cc[n+](-c2ccc(N(C)C)cc2)cc1. The molecule has 0 N–H and O–H groups in total. The van der Waals surface area contributed by atoms with Crippen LogP contribution in [0.3, 0.4) is 0 Å². The minimum atomic E-state index is 1.19. The van der Waals surface area contributed by atoms with E-state index in [0.29, 0.717) is 0 Å². The van der Waals surface area contributed by atoms with E-state index in [0.717, 1.165) is 0 Å². The molecule has 0 aliphatic carbocycles. The summed E-state index contributed by atoms with van der Waals surface area (Å²) in [6, 6.07) is 12.7. The second kappa shape index (κ2) is 4.35. The first-order valence-corrected chi connectivity index (χ1v) is 5.42. The van der Waals surface area contributed by atoms with E-state index in [4.69, 9.17) is 0 Å². The summed E-state index contributed by atoms with van der Waals surface area (Å²) < 4.78 is 2.12. The first kappa shape index (κ1) is 10.7. The van der Waals surface area contributed by atoms with Crippen molar-refractivity contribution in [2.45, 2.75) is 6.92 Å². The molecule has 82 valence electrons. The van der Waals surface area contributed by atoms with Crippen LogP contribution in [-0.4, -0.2) is 14.1 Å². The summed E-state index contributed by atoms with van der Waals surface area (Å²) in [5.41, 5.74) is 3.68. The van der Waals surface area contributed by atoms with Gasteiger partial charge in [-0.15, -0.1) is 0 Å². The summed E-state index contributed by atoms with van der Waals surface area (Å²) in [7, 11) is 4.10. The molecule has 0 saturated carbocycles. The van der Waals surface area contributed by atoms with Gasteiger partial charge in [-0.3, -0.25) is 0 Å². The maximum Gasteiger partial charge on any atom is 0.210 e. The molecule has 0 aliphatic heterocycles. The van der Waals surface area contributed by atoms with Crippen LogP contribution in [0.4, 0.5) is 5.69 Å². The quantitative estimate of drug-likeness (QED) is 0.694. The highest BCUT2D eigenvalue weighted by atomic mass is 15.1. The van der Waals surface area contributed by atoms with Crippen LogP contribution in [-0.2, 0) is 0 Å². The number of hydrogen-bond acceptors (Lipinski definition) is 1. The van der Waals surface area contributed by atoms with E-state index in [1.165, 1.54) is 16.9 Å². The Labute approximate surface area is 96.8 Å². The van der Waals surface area contributed by atoms with E-state index in [9.17, 15) is 0 Å². The van der Waals surface area contributed by atoms with Crippen molar-refractivity contribution in [2.24, 2.45) is 0 Å². The van der Waals surface area contributed by atoms with E-state index in [1.54, 1.807) is 0 Å². The van der Waals surface area contributed by atoms with Gasteiger partial charge in [-0.1, -0.05) is 0 Å². The standard InChI is InChI=1S/C14H17N2/c1-12-8-10-16(11-9-12)14-6-4-13(5-7-14)15(2)3/h4-11H,1-3H3/q+1. The van der Waals surface area contributed by atoms with Gasteiger partial charge >= 0.3 is 0 Å². The number of aryl methyl sites for hydroxylation is 1. The smallest absolute Gasteiger partial charge is 0.210 e. The van der Waals surface area contributed by atoms with Crippen molar-refractivity contribution in [1.29, 1.82) is 0 Å². The number of pyridine rings is 1. The van der Waals surface area contributed by atoms with Gasteiger partial charge in [0.2, 0.25) is 5.69 Å². The van der Waals surface area contributed by atoms with Crippen molar-refractivity contribution in [3.63, 3.8) is 0 Å². The highest BCUT2D eigenvalue weighted by molar-refractivity contribution is 5.47. The Morgan fingerprint density at radius 2 is 1.44 bits per heavy atom. The van der Waals surface area contributed by atoms with Crippen LogP contribution in [0.2, 0.25) is 0 Å². The lowest BCUT2D eigenvalue weighted by atomic mass is 10.2. The van der Waals surface area contributed by atoms with E-state index < -0.39 is 0 Å². The Morgan fingerprint density at radius 3 is 1.94 bits per heavy atom. The van der Waals surface area contributed by atoms with Crippen LogP contribution < -0.4 is 9.47 Å². The molecule has 0 saturated heterocycles. The molecule has 0 radical (unpaired) electrons. The van der Waals surface area contributed by atoms with Gasteiger partial charge in [-0.25, -0.2) is 0 Å². The summed E-state index contributed by atoms with van der Waals surface area (Å²) >= 11 is 0. The summed E-state index contributed by atoms with van der Waals surface area (Å²) in [6.07, 6.45) is 4.17. The van der Waals surface area contributed by atoms with Gasteiger partial charge in [-0.05, 0) is 24.6 Å². The zero-order chi connectivity index (χ0) is 11.5. The maximum atomic E-state index is 2.13. The molecular weight excluding hydrogens is 196 g/mol. The monoisotopic (exact) mass is 213 g/mol. The molecule has 0 fully saturated rings. The van der Waals surface area contributed by atoms with Gasteiger partial charge in [-0.2, -0.15) is 4.57 Å². The molecule has 0 unspecified atom stereocenters. The molecular formula is C14H17N2+. The van der Waals surface area contributed by atoms with Gasteiger partial charge < -0.3 is 4.90 Å². The predicted octanol–water partition coefficient (Wildman–Crippen LogP) is 2.34. The van der Waals surface area contributed by atoms with Crippen LogP contribution in [0.15, 0.2) is 48.8 Å². The van der Waals surface area contributed by atoms with Crippen LogP contribution in [0, 0.1) is 6.92 Å². The van der Waals surface area contributed by atoms with Crippen molar-refractivity contribution in [3.8, 4) is 5.69 Å². The van der Waals surface area contributed by atoms with Crippen LogP contribution in [0.5, 0.6) is 0 Å². The van der Waals surface area contributed by atoms with Gasteiger partial charge in [0.25, 0.3) is 0 Å². The van der Waals surface area contributed by atoms with E-state index >= 15 is 0 Å². The minimum Gasteiger partial charge on any atom is -0.378 e. The largest absolute Gasteiger partial charge is 0.378 e. The number of aromatic nitrogens is 1. The summed E-state index contributed by atoms with van der Waals surface area (Å²) in [5, 5.41) is 0. The average molecular weight is 213 g/mol. The van der Waals surface area contributed by atoms with E-state index in [2.05, 4.69) is 65.2 Å². The molecule has 2 rings (SSSR count). The number of anilines is 1. The third-order valence-corrected chi connectivity index (χ3v) is 2.66. The Kier molecular flexibility index (Phi) is 2.91. The lowest BCUT2D eigenvalue weighted by molar-refractivity contribution is -0.595. The molecule has 0 atom stereocenters. The van der Waals surface area contributed by atoms with Crippen molar-refractivity contribution in [2.75, 3.05) is 19.0 Å². The number of hydrogen-bond donors (Lipinski definition) is 0. The minimum absolute atomic E-state index is 1.19. The molecule has 1 heterocycles. The molecule has 0 spiro atoms. The fourth-order valence-electron chi connectivity index (χ4n) is 1.60. The van der Waals surface area contributed by atoms with Crippen molar-refractivity contribution >= 4 is 5.69 Å². The molecule has 2 aromatic rings. The molecule has 0 aliphatic rings. The maximum absolute atomic E-state index is 2.13. The summed E-state index contributed by atoms with van der Waals surface area (Å²) in [5.74, 6) is 0. The fraction of sp³-hybridized carbons (Fsp3) is 0.214. The van der Waals surface area contributed by atoms with Crippen molar-refractivity contribution in [1.82, 2.24) is 0 Å². The van der Waals surface area contributed by atoms with Gasteiger partial charge in [0, 0.05) is 44.0 Å². The van der Waals surface area contributed by atoms with Crippen molar-refractivity contribution < 1.29 is 4.57 Å². The first-order chi connectivity index (χ1) is 7.66. The second-order valence-electron chi connectivity index (χ2n) is 4.19. The molecule has 1 aromatic carbocycles. The van der Waals surface area contributed by atoms with E-state index in [1.807, 2.05) is 14.1 Å². The second-order valence-corrected chi connectivity index (χ2v) is 4.19. The molecule has 2 nitrogen and oxygen atoms in total.